The van der Waals surface area contributed by atoms with E-state index in [9.17, 15) is 14.4 Å². The van der Waals surface area contributed by atoms with E-state index in [2.05, 4.69) is 5.10 Å². The van der Waals surface area contributed by atoms with Gasteiger partial charge in [0.1, 0.15) is 0 Å². The van der Waals surface area contributed by atoms with Crippen LogP contribution in [0.2, 0.25) is 0 Å². The minimum atomic E-state index is -0.740. The molecular weight excluding hydrogens is 200 g/mol. The number of amides is 1. The van der Waals surface area contributed by atoms with Crippen molar-refractivity contribution in [1.29, 1.82) is 0 Å². The van der Waals surface area contributed by atoms with Crippen LogP contribution < -0.4 is 11.2 Å². The van der Waals surface area contributed by atoms with Crippen molar-refractivity contribution >= 4 is 5.91 Å². The molecule has 1 aliphatic heterocycles. The van der Waals surface area contributed by atoms with E-state index in [1.807, 2.05) is 10.1 Å². The number of hydrogen-bond acceptors (Lipinski definition) is 4. The molecule has 2 rings (SSSR count). The Bertz CT molecular complexity index is 483. The van der Waals surface area contributed by atoms with E-state index >= 15 is 0 Å². The fourth-order valence-electron chi connectivity index (χ4n) is 1.56. The molecule has 0 radical (unpaired) electrons. The average molecular weight is 210 g/mol. The lowest BCUT2D eigenvalue weighted by Crippen LogP contribution is -2.37. The van der Waals surface area contributed by atoms with Crippen molar-refractivity contribution < 1.29 is 4.79 Å². The molecule has 2 heterocycles. The summed E-state index contributed by atoms with van der Waals surface area (Å²) in [6.45, 7) is 1.28. The monoisotopic (exact) mass is 210 g/mol. The third kappa shape index (κ3) is 1.80. The summed E-state index contributed by atoms with van der Waals surface area (Å²) in [6, 6.07) is 0. The molecule has 0 atom stereocenters. The first-order chi connectivity index (χ1) is 7.18. The van der Waals surface area contributed by atoms with Gasteiger partial charge in [-0.05, 0) is 12.8 Å². The maximum absolute atomic E-state index is 11.7. The largest absolute Gasteiger partial charge is 0.342 e. The third-order valence-corrected chi connectivity index (χ3v) is 2.31. The molecule has 1 aliphatic rings. The molecule has 0 bridgehead atoms. The van der Waals surface area contributed by atoms with Crippen LogP contribution in [0.3, 0.4) is 0 Å². The number of hydrogen-bond donors (Lipinski definition) is 2. The summed E-state index contributed by atoms with van der Waals surface area (Å²) in [5.74, 6) is -0.426. The van der Waals surface area contributed by atoms with Crippen molar-refractivity contribution in [2.24, 2.45) is 0 Å². The predicted octanol–water partition coefficient (Wildman–Crippen LogP) is -1.31. The molecule has 15 heavy (non-hydrogen) atoms. The number of H-pyrrole nitrogens is 2. The Hall–Kier alpha value is -1.92. The minimum Gasteiger partial charge on any atom is -0.337 e. The Morgan fingerprint density at radius 2 is 1.93 bits per heavy atom. The van der Waals surface area contributed by atoms with Crippen LogP contribution in [0.1, 0.15) is 23.3 Å². The van der Waals surface area contributed by atoms with Gasteiger partial charge in [0.05, 0.1) is 0 Å². The summed E-state index contributed by atoms with van der Waals surface area (Å²) in [5.41, 5.74) is -1.70. The van der Waals surface area contributed by atoms with Crippen molar-refractivity contribution in [2.45, 2.75) is 12.8 Å². The molecule has 80 valence electrons. The lowest BCUT2D eigenvalue weighted by molar-refractivity contribution is 0.0783. The third-order valence-electron chi connectivity index (χ3n) is 2.31. The van der Waals surface area contributed by atoms with E-state index in [0.717, 1.165) is 12.8 Å². The highest BCUT2D eigenvalue weighted by Crippen LogP contribution is 2.08. The van der Waals surface area contributed by atoms with Crippen LogP contribution in [0.15, 0.2) is 9.59 Å². The number of nitrogens with one attached hydrogen (secondary N) is 2. The second-order valence-electron chi connectivity index (χ2n) is 3.35. The Balaban J connectivity index is 2.33. The van der Waals surface area contributed by atoms with E-state index in [1.165, 1.54) is 0 Å². The van der Waals surface area contributed by atoms with E-state index in [-0.39, 0.29) is 5.69 Å². The van der Waals surface area contributed by atoms with Crippen molar-refractivity contribution in [1.82, 2.24) is 20.1 Å². The standard InChI is InChI=1S/C8H10N4O3/c13-6-5(10-11-8(15)9-6)7(14)12-3-1-2-4-12/h1-4H2,(H2,9,11,13,15). The molecule has 0 unspecified atom stereocenters. The Labute approximate surface area is 84.1 Å². The highest BCUT2D eigenvalue weighted by Gasteiger charge is 2.23. The number of carbonyl (C=O) groups is 1. The SMILES string of the molecule is O=C(c1n[nH]c(=O)[nH]c1=O)N1CCCC1. The molecule has 1 aromatic heterocycles. The zero-order chi connectivity index (χ0) is 10.8. The first-order valence-electron chi connectivity index (χ1n) is 4.67. The molecule has 7 nitrogen and oxygen atoms in total. The van der Waals surface area contributed by atoms with Gasteiger partial charge in [-0.15, -0.1) is 0 Å². The first-order valence-corrected chi connectivity index (χ1v) is 4.67. The number of aromatic nitrogens is 3. The van der Waals surface area contributed by atoms with Crippen molar-refractivity contribution in [3.8, 4) is 0 Å². The van der Waals surface area contributed by atoms with Crippen LogP contribution in [0, 0.1) is 0 Å². The summed E-state index contributed by atoms with van der Waals surface area (Å²) >= 11 is 0. The van der Waals surface area contributed by atoms with Crippen LogP contribution in [0.25, 0.3) is 0 Å². The van der Waals surface area contributed by atoms with Crippen LogP contribution in [0.4, 0.5) is 0 Å². The van der Waals surface area contributed by atoms with Gasteiger partial charge in [-0.25, -0.2) is 9.89 Å². The van der Waals surface area contributed by atoms with Gasteiger partial charge in [0, 0.05) is 13.1 Å². The number of likely N-dealkylation sites (tertiary alicyclic amines) is 1. The van der Waals surface area contributed by atoms with Gasteiger partial charge in [0.25, 0.3) is 11.5 Å². The molecular formula is C8H10N4O3. The van der Waals surface area contributed by atoms with Crippen molar-refractivity contribution in [2.75, 3.05) is 13.1 Å². The Morgan fingerprint density at radius 3 is 2.53 bits per heavy atom. The van der Waals surface area contributed by atoms with Gasteiger partial charge in [-0.2, -0.15) is 5.10 Å². The number of rotatable bonds is 1. The van der Waals surface area contributed by atoms with E-state index < -0.39 is 17.2 Å². The fraction of sp³-hybridized carbons (Fsp3) is 0.500. The molecule has 1 saturated heterocycles. The van der Waals surface area contributed by atoms with E-state index in [1.54, 1.807) is 4.90 Å². The molecule has 1 amide bonds. The summed E-state index contributed by atoms with van der Waals surface area (Å²) in [4.78, 5) is 37.2. The minimum absolute atomic E-state index is 0.253. The molecule has 2 N–H and O–H groups in total. The van der Waals surface area contributed by atoms with Gasteiger partial charge in [0.15, 0.2) is 0 Å². The lowest BCUT2D eigenvalue weighted by atomic mass is 10.4. The maximum Gasteiger partial charge on any atom is 0.342 e. The molecule has 0 spiro atoms. The van der Waals surface area contributed by atoms with E-state index in [4.69, 9.17) is 0 Å². The quantitative estimate of drug-likeness (QED) is 0.601. The van der Waals surface area contributed by atoms with Crippen LogP contribution in [-0.4, -0.2) is 39.1 Å². The van der Waals surface area contributed by atoms with Crippen LogP contribution in [0.5, 0.6) is 0 Å². The average Bonchev–Trinajstić information content (AvgIpc) is 2.69. The van der Waals surface area contributed by atoms with Crippen molar-refractivity contribution in [3.05, 3.63) is 26.5 Å². The first kappa shape index (κ1) is 9.63. The van der Waals surface area contributed by atoms with E-state index in [0.29, 0.717) is 13.1 Å². The fourth-order valence-corrected chi connectivity index (χ4v) is 1.56. The summed E-state index contributed by atoms with van der Waals surface area (Å²) in [6.07, 6.45) is 1.87. The smallest absolute Gasteiger partial charge is 0.337 e. The highest BCUT2D eigenvalue weighted by molar-refractivity contribution is 5.91. The maximum atomic E-state index is 11.7. The summed E-state index contributed by atoms with van der Waals surface area (Å²) < 4.78 is 0. The zero-order valence-electron chi connectivity index (χ0n) is 7.95. The number of carbonyl (C=O) groups excluding carboxylic acids is 1. The van der Waals surface area contributed by atoms with Gasteiger partial charge < -0.3 is 4.90 Å². The van der Waals surface area contributed by atoms with Crippen molar-refractivity contribution in [3.63, 3.8) is 0 Å². The zero-order valence-corrected chi connectivity index (χ0v) is 7.95. The molecule has 0 aliphatic carbocycles. The topological polar surface area (TPSA) is 98.9 Å². The second-order valence-corrected chi connectivity index (χ2v) is 3.35. The highest BCUT2D eigenvalue weighted by atomic mass is 16.2. The van der Waals surface area contributed by atoms with Crippen LogP contribution in [-0.2, 0) is 0 Å². The molecule has 0 aromatic carbocycles. The molecule has 0 saturated carbocycles. The molecule has 1 fully saturated rings. The van der Waals surface area contributed by atoms with Gasteiger partial charge >= 0.3 is 5.69 Å². The molecule has 1 aromatic rings. The molecule has 7 heteroatoms. The van der Waals surface area contributed by atoms with Gasteiger partial charge in [-0.1, -0.05) is 0 Å². The van der Waals surface area contributed by atoms with Gasteiger partial charge in [-0.3, -0.25) is 14.6 Å². The lowest BCUT2D eigenvalue weighted by Gasteiger charge is -2.12. The second kappa shape index (κ2) is 3.68. The Kier molecular flexibility index (Phi) is 2.36. The number of aromatic amines is 2. The number of nitrogens with zero attached hydrogens (tertiary/aromatic N) is 2. The van der Waals surface area contributed by atoms with Crippen LogP contribution >= 0.6 is 0 Å². The predicted molar refractivity (Wildman–Crippen MR) is 50.6 cm³/mol. The normalized spacial score (nSPS) is 15.6. The summed E-state index contributed by atoms with van der Waals surface area (Å²) in [7, 11) is 0. The Morgan fingerprint density at radius 1 is 1.27 bits per heavy atom. The van der Waals surface area contributed by atoms with Gasteiger partial charge in [0.2, 0.25) is 5.69 Å². The summed E-state index contributed by atoms with van der Waals surface area (Å²) in [5, 5.41) is 5.49.